The molecule has 2 saturated heterocycles. The maximum absolute atomic E-state index is 6.15. The van der Waals surface area contributed by atoms with Gasteiger partial charge in [0.05, 0.1) is 23.4 Å². The zero-order valence-electron chi connectivity index (χ0n) is 16.4. The van der Waals surface area contributed by atoms with Gasteiger partial charge in [0.15, 0.2) is 0 Å². The Labute approximate surface area is 160 Å². The highest BCUT2D eigenvalue weighted by Crippen LogP contribution is 2.37. The van der Waals surface area contributed by atoms with Gasteiger partial charge in [-0.2, -0.15) is 5.10 Å². The van der Waals surface area contributed by atoms with Crippen molar-refractivity contribution in [3.8, 4) is 11.1 Å². The molecule has 7 nitrogen and oxygen atoms in total. The number of nitrogens with two attached hydrogens (primary N) is 1. The molecule has 4 heterocycles. The van der Waals surface area contributed by atoms with Gasteiger partial charge in [-0.15, -0.1) is 0 Å². The van der Waals surface area contributed by atoms with Crippen molar-refractivity contribution >= 4 is 18.4 Å². The number of pyridine rings is 1. The third-order valence-corrected chi connectivity index (χ3v) is 5.96. The lowest BCUT2D eigenvalue weighted by atomic mass is 9.78. The van der Waals surface area contributed by atoms with Crippen LogP contribution in [-0.4, -0.2) is 46.3 Å². The molecule has 2 aromatic heterocycles. The van der Waals surface area contributed by atoms with Crippen LogP contribution in [0.25, 0.3) is 11.1 Å². The molecule has 2 N–H and O–H groups in total. The van der Waals surface area contributed by atoms with Crippen LogP contribution in [0.4, 0.5) is 5.82 Å². The summed E-state index contributed by atoms with van der Waals surface area (Å²) in [7, 11) is -0.534. The normalized spacial score (nSPS) is 22.3. The fourth-order valence-corrected chi connectivity index (χ4v) is 3.45. The molecule has 0 bridgehead atoms. The summed E-state index contributed by atoms with van der Waals surface area (Å²) in [6, 6.07) is 2.38. The van der Waals surface area contributed by atoms with E-state index in [2.05, 4.69) is 16.3 Å². The van der Waals surface area contributed by atoms with Gasteiger partial charge in [0.1, 0.15) is 5.82 Å². The maximum Gasteiger partial charge on any atom is 0.498 e. The molecule has 0 amide bonds. The molecule has 2 fully saturated rings. The highest BCUT2D eigenvalue weighted by molar-refractivity contribution is 6.63. The third-order valence-electron chi connectivity index (χ3n) is 5.96. The Bertz CT molecular complexity index is 814. The van der Waals surface area contributed by atoms with E-state index in [4.69, 9.17) is 19.8 Å². The summed E-state index contributed by atoms with van der Waals surface area (Å²) in [6.07, 6.45) is 7.68. The lowest BCUT2D eigenvalue weighted by molar-refractivity contribution is 0.00578. The summed E-state index contributed by atoms with van der Waals surface area (Å²) in [5.74, 6) is 0.425. The maximum atomic E-state index is 6.15. The van der Waals surface area contributed by atoms with Crippen LogP contribution in [0.2, 0.25) is 0 Å². The molecule has 2 aliphatic heterocycles. The molecular formula is C19H27BN4O3. The van der Waals surface area contributed by atoms with Crippen molar-refractivity contribution in [2.45, 2.75) is 57.8 Å². The van der Waals surface area contributed by atoms with Crippen molar-refractivity contribution in [1.82, 2.24) is 14.8 Å². The van der Waals surface area contributed by atoms with E-state index in [9.17, 15) is 0 Å². The molecular weight excluding hydrogens is 343 g/mol. The molecule has 144 valence electrons. The van der Waals surface area contributed by atoms with Crippen LogP contribution in [0.5, 0.6) is 0 Å². The summed E-state index contributed by atoms with van der Waals surface area (Å²) in [5, 5.41) is 4.55. The molecule has 0 saturated carbocycles. The minimum atomic E-state index is -0.534. The van der Waals surface area contributed by atoms with Gasteiger partial charge in [0.2, 0.25) is 0 Å². The Kier molecular flexibility index (Phi) is 4.52. The number of rotatable bonds is 3. The number of nitrogen functional groups attached to an aromatic ring is 1. The molecule has 8 heteroatoms. The van der Waals surface area contributed by atoms with E-state index >= 15 is 0 Å². The van der Waals surface area contributed by atoms with Crippen molar-refractivity contribution in [1.29, 1.82) is 0 Å². The SMILES string of the molecule is CC1(C)OB(c2cc(-c3cnn(C4CCOCC4)c3)cnc2N)OC1(C)C. The van der Waals surface area contributed by atoms with Crippen LogP contribution in [0, 0.1) is 0 Å². The number of nitrogens with zero attached hydrogens (tertiary/aromatic N) is 3. The summed E-state index contributed by atoms with van der Waals surface area (Å²) in [6.45, 7) is 9.68. The summed E-state index contributed by atoms with van der Waals surface area (Å²) in [5.41, 5.74) is 8.01. The minimum absolute atomic E-state index is 0.386. The van der Waals surface area contributed by atoms with Crippen molar-refractivity contribution in [2.75, 3.05) is 18.9 Å². The predicted molar refractivity (Wildman–Crippen MR) is 105 cm³/mol. The second-order valence-corrected chi connectivity index (χ2v) is 8.34. The standard InChI is InChI=1S/C19H27BN4O3/c1-18(2)19(3,4)27-20(26-18)16-9-13(10-22-17(16)21)14-11-23-24(12-14)15-5-7-25-8-6-15/h9-12,15H,5-8H2,1-4H3,(H2,21,22). The Balaban J connectivity index is 1.61. The summed E-state index contributed by atoms with van der Waals surface area (Å²) < 4.78 is 19.8. The second kappa shape index (κ2) is 6.62. The minimum Gasteiger partial charge on any atom is -0.399 e. The smallest absolute Gasteiger partial charge is 0.399 e. The molecule has 2 aromatic rings. The first-order chi connectivity index (χ1) is 12.8. The largest absolute Gasteiger partial charge is 0.498 e. The van der Waals surface area contributed by atoms with Crippen LogP contribution < -0.4 is 11.2 Å². The Morgan fingerprint density at radius 1 is 1.07 bits per heavy atom. The molecule has 0 radical (unpaired) electrons. The average molecular weight is 370 g/mol. The monoisotopic (exact) mass is 370 g/mol. The van der Waals surface area contributed by atoms with Gasteiger partial charge in [-0.3, -0.25) is 4.68 Å². The van der Waals surface area contributed by atoms with E-state index in [0.717, 1.165) is 42.6 Å². The molecule has 27 heavy (non-hydrogen) atoms. The zero-order chi connectivity index (χ0) is 19.2. The van der Waals surface area contributed by atoms with Gasteiger partial charge in [-0.1, -0.05) is 0 Å². The lowest BCUT2D eigenvalue weighted by Crippen LogP contribution is -2.41. The van der Waals surface area contributed by atoms with Gasteiger partial charge in [-0.25, -0.2) is 4.98 Å². The van der Waals surface area contributed by atoms with Gasteiger partial charge in [-0.05, 0) is 46.6 Å². The zero-order valence-corrected chi connectivity index (χ0v) is 16.4. The first-order valence-corrected chi connectivity index (χ1v) is 9.50. The van der Waals surface area contributed by atoms with Crippen LogP contribution in [-0.2, 0) is 14.0 Å². The highest BCUT2D eigenvalue weighted by Gasteiger charge is 2.52. The summed E-state index contributed by atoms with van der Waals surface area (Å²) >= 11 is 0. The molecule has 4 rings (SSSR count). The first-order valence-electron chi connectivity index (χ1n) is 9.50. The Hall–Kier alpha value is -1.90. The lowest BCUT2D eigenvalue weighted by Gasteiger charge is -2.32. The fraction of sp³-hybridized carbons (Fsp3) is 0.579. The van der Waals surface area contributed by atoms with E-state index < -0.39 is 18.3 Å². The van der Waals surface area contributed by atoms with E-state index in [1.165, 1.54) is 0 Å². The van der Waals surface area contributed by atoms with Crippen molar-refractivity contribution in [3.05, 3.63) is 24.7 Å². The van der Waals surface area contributed by atoms with E-state index in [0.29, 0.717) is 11.9 Å². The van der Waals surface area contributed by atoms with Gasteiger partial charge >= 0.3 is 7.12 Å². The number of hydrogen-bond donors (Lipinski definition) is 1. The van der Waals surface area contributed by atoms with Gasteiger partial charge < -0.3 is 19.8 Å². The van der Waals surface area contributed by atoms with E-state index in [1.54, 1.807) is 6.20 Å². The van der Waals surface area contributed by atoms with Crippen molar-refractivity contribution in [2.24, 2.45) is 0 Å². The van der Waals surface area contributed by atoms with Gasteiger partial charge in [0.25, 0.3) is 0 Å². The molecule has 0 aromatic carbocycles. The van der Waals surface area contributed by atoms with Crippen LogP contribution >= 0.6 is 0 Å². The number of hydrogen-bond acceptors (Lipinski definition) is 6. The topological polar surface area (TPSA) is 84.4 Å². The molecule has 0 atom stereocenters. The molecule has 0 unspecified atom stereocenters. The van der Waals surface area contributed by atoms with Gasteiger partial charge in [0, 0.05) is 42.2 Å². The Morgan fingerprint density at radius 3 is 2.41 bits per heavy atom. The van der Waals surface area contributed by atoms with Crippen LogP contribution in [0.3, 0.4) is 0 Å². The molecule has 0 spiro atoms. The predicted octanol–water partition coefficient (Wildman–Crippen LogP) is 2.18. The van der Waals surface area contributed by atoms with Crippen molar-refractivity contribution in [3.63, 3.8) is 0 Å². The average Bonchev–Trinajstić information content (AvgIpc) is 3.19. The third kappa shape index (κ3) is 3.37. The van der Waals surface area contributed by atoms with Crippen LogP contribution in [0.1, 0.15) is 46.6 Å². The second-order valence-electron chi connectivity index (χ2n) is 8.34. The highest BCUT2D eigenvalue weighted by atomic mass is 16.7. The molecule has 2 aliphatic rings. The first kappa shape index (κ1) is 18.5. The van der Waals surface area contributed by atoms with Crippen LogP contribution in [0.15, 0.2) is 24.7 Å². The molecule has 0 aliphatic carbocycles. The fourth-order valence-electron chi connectivity index (χ4n) is 3.45. The van der Waals surface area contributed by atoms with E-state index in [1.807, 2.05) is 44.6 Å². The Morgan fingerprint density at radius 2 is 1.74 bits per heavy atom. The number of ether oxygens (including phenoxy) is 1. The summed E-state index contributed by atoms with van der Waals surface area (Å²) in [4.78, 5) is 4.38. The quantitative estimate of drug-likeness (QED) is 0.834. The number of aromatic nitrogens is 3. The van der Waals surface area contributed by atoms with E-state index in [-0.39, 0.29) is 0 Å². The number of anilines is 1. The van der Waals surface area contributed by atoms with Crippen molar-refractivity contribution < 1.29 is 14.0 Å².